The molecule has 0 spiro atoms. The number of carbonyl (C=O) groups is 3. The topological polar surface area (TPSA) is 84.9 Å². The fraction of sp³-hybridized carbons (Fsp3) is 0.562. The third kappa shape index (κ3) is 5.86. The molecule has 128 valence electrons. The van der Waals surface area contributed by atoms with Gasteiger partial charge < -0.3 is 19.7 Å². The summed E-state index contributed by atoms with van der Waals surface area (Å²) in [6.45, 7) is 8.37. The van der Waals surface area contributed by atoms with Crippen molar-refractivity contribution in [1.82, 2.24) is 10.2 Å². The van der Waals surface area contributed by atoms with Crippen molar-refractivity contribution in [2.24, 2.45) is 11.8 Å². The highest BCUT2D eigenvalue weighted by Gasteiger charge is 2.23. The number of hydrogen-bond acceptors (Lipinski definition) is 5. The first kappa shape index (κ1) is 18.9. The van der Waals surface area contributed by atoms with E-state index in [1.165, 1.54) is 18.1 Å². The molecule has 1 heterocycles. The van der Waals surface area contributed by atoms with Crippen LogP contribution in [-0.2, 0) is 23.9 Å². The molecular weight excluding hydrogens is 300 g/mol. The molecule has 2 amide bonds. The maximum Gasteiger partial charge on any atom is 0.310 e. The Bertz CT molecular complexity index is 483. The molecule has 2 unspecified atom stereocenters. The smallest absolute Gasteiger partial charge is 0.310 e. The average molecular weight is 324 g/mol. The lowest BCUT2D eigenvalue weighted by atomic mass is 10.1. The van der Waals surface area contributed by atoms with E-state index in [-0.39, 0.29) is 42.8 Å². The summed E-state index contributed by atoms with van der Waals surface area (Å²) in [4.78, 5) is 36.2. The van der Waals surface area contributed by atoms with E-state index in [1.807, 2.05) is 0 Å². The second kappa shape index (κ2) is 9.09. The van der Waals surface area contributed by atoms with Gasteiger partial charge in [-0.05, 0) is 13.0 Å². The predicted octanol–water partition coefficient (Wildman–Crippen LogP) is 0.477. The molecule has 0 aliphatic carbocycles. The van der Waals surface area contributed by atoms with Crippen molar-refractivity contribution in [3.05, 3.63) is 24.4 Å². The monoisotopic (exact) mass is 324 g/mol. The molecule has 0 aromatic carbocycles. The Morgan fingerprint density at radius 2 is 2.00 bits per heavy atom. The van der Waals surface area contributed by atoms with Crippen LogP contribution in [0.25, 0.3) is 0 Å². The summed E-state index contributed by atoms with van der Waals surface area (Å²) in [6, 6.07) is 0. The number of carbonyl (C=O) groups excluding carboxylic acids is 3. The summed E-state index contributed by atoms with van der Waals surface area (Å²) in [5, 5.41) is 2.73. The minimum absolute atomic E-state index is 0.158. The van der Waals surface area contributed by atoms with Gasteiger partial charge in [-0.3, -0.25) is 14.4 Å². The highest BCUT2D eigenvalue weighted by atomic mass is 16.5. The largest absolute Gasteiger partial charge is 0.469 e. The van der Waals surface area contributed by atoms with Gasteiger partial charge >= 0.3 is 5.97 Å². The van der Waals surface area contributed by atoms with Gasteiger partial charge in [0.1, 0.15) is 0 Å². The van der Waals surface area contributed by atoms with E-state index in [0.29, 0.717) is 18.8 Å². The van der Waals surface area contributed by atoms with E-state index in [0.717, 1.165) is 0 Å². The van der Waals surface area contributed by atoms with E-state index in [4.69, 9.17) is 4.74 Å². The van der Waals surface area contributed by atoms with Gasteiger partial charge in [0, 0.05) is 24.9 Å². The van der Waals surface area contributed by atoms with Crippen molar-refractivity contribution in [1.29, 1.82) is 0 Å². The Morgan fingerprint density at radius 3 is 2.57 bits per heavy atom. The van der Waals surface area contributed by atoms with E-state index < -0.39 is 0 Å². The summed E-state index contributed by atoms with van der Waals surface area (Å²) in [5.74, 6) is -1.34. The van der Waals surface area contributed by atoms with Gasteiger partial charge in [-0.1, -0.05) is 13.5 Å². The second-order valence-electron chi connectivity index (χ2n) is 5.46. The number of allylic oxidation sites excluding steroid dienone is 1. The first-order valence-corrected chi connectivity index (χ1v) is 7.48. The molecule has 0 fully saturated rings. The van der Waals surface area contributed by atoms with Crippen LogP contribution in [0.4, 0.5) is 0 Å². The molecule has 0 aromatic heterocycles. The summed E-state index contributed by atoms with van der Waals surface area (Å²) in [6.07, 6.45) is 3.06. The molecule has 2 atom stereocenters. The fourth-order valence-corrected chi connectivity index (χ4v) is 2.00. The Hall–Kier alpha value is -2.15. The van der Waals surface area contributed by atoms with Crippen molar-refractivity contribution in [3.8, 4) is 0 Å². The van der Waals surface area contributed by atoms with Crippen molar-refractivity contribution < 1.29 is 23.9 Å². The number of rotatable bonds is 9. The molecule has 0 saturated heterocycles. The number of amides is 2. The SMILES string of the molecule is C=C1C=CC(=O)N1CC(C)C(=O)NCCOCC(C)C(=O)OC. The standard InChI is InChI=1S/C16H24N2O5/c1-11(9-18-13(3)5-6-14(18)19)15(20)17-7-8-23-10-12(2)16(21)22-4/h5-6,11-12H,3,7-10H2,1-2,4H3,(H,17,20). The van der Waals surface area contributed by atoms with Gasteiger partial charge in [0.05, 0.1) is 32.2 Å². The third-order valence-electron chi connectivity index (χ3n) is 3.45. The Kier molecular flexibility index (Phi) is 7.47. The Labute approximate surface area is 136 Å². The van der Waals surface area contributed by atoms with E-state index in [2.05, 4.69) is 16.6 Å². The molecule has 7 nitrogen and oxygen atoms in total. The molecular formula is C16H24N2O5. The lowest BCUT2D eigenvalue weighted by molar-refractivity contribution is -0.147. The van der Waals surface area contributed by atoms with Crippen LogP contribution in [0.3, 0.4) is 0 Å². The van der Waals surface area contributed by atoms with Crippen LogP contribution >= 0.6 is 0 Å². The molecule has 0 radical (unpaired) electrons. The zero-order valence-corrected chi connectivity index (χ0v) is 13.8. The molecule has 0 bridgehead atoms. The third-order valence-corrected chi connectivity index (χ3v) is 3.45. The predicted molar refractivity (Wildman–Crippen MR) is 84.2 cm³/mol. The van der Waals surface area contributed by atoms with Crippen molar-refractivity contribution in [3.63, 3.8) is 0 Å². The molecule has 0 saturated carbocycles. The number of ether oxygens (including phenoxy) is 2. The van der Waals surface area contributed by atoms with Crippen molar-refractivity contribution in [2.75, 3.05) is 33.4 Å². The quantitative estimate of drug-likeness (QED) is 0.492. The zero-order valence-electron chi connectivity index (χ0n) is 13.8. The van der Waals surface area contributed by atoms with Gasteiger partial charge in [-0.15, -0.1) is 0 Å². The number of nitrogens with one attached hydrogen (secondary N) is 1. The molecule has 23 heavy (non-hydrogen) atoms. The molecule has 1 rings (SSSR count). The van der Waals surface area contributed by atoms with E-state index in [9.17, 15) is 14.4 Å². The average Bonchev–Trinajstić information content (AvgIpc) is 2.84. The summed E-state index contributed by atoms with van der Waals surface area (Å²) >= 11 is 0. The Balaban J connectivity index is 2.20. The van der Waals surface area contributed by atoms with Gasteiger partial charge in [-0.25, -0.2) is 0 Å². The van der Waals surface area contributed by atoms with Crippen LogP contribution in [0.15, 0.2) is 24.4 Å². The minimum atomic E-state index is -0.357. The van der Waals surface area contributed by atoms with Crippen molar-refractivity contribution >= 4 is 17.8 Å². The number of hydrogen-bond donors (Lipinski definition) is 1. The molecule has 1 aliphatic heterocycles. The molecule has 1 aliphatic rings. The maximum absolute atomic E-state index is 12.0. The summed E-state index contributed by atoms with van der Waals surface area (Å²) in [5.41, 5.74) is 0.592. The molecule has 7 heteroatoms. The zero-order chi connectivity index (χ0) is 17.4. The second-order valence-corrected chi connectivity index (χ2v) is 5.46. The maximum atomic E-state index is 12.0. The van der Waals surface area contributed by atoms with Crippen LogP contribution in [-0.4, -0.2) is 56.1 Å². The lowest BCUT2D eigenvalue weighted by Crippen LogP contribution is -2.39. The first-order chi connectivity index (χ1) is 10.9. The van der Waals surface area contributed by atoms with Gasteiger partial charge in [-0.2, -0.15) is 0 Å². The Morgan fingerprint density at radius 1 is 1.30 bits per heavy atom. The van der Waals surface area contributed by atoms with E-state index in [1.54, 1.807) is 19.9 Å². The molecule has 1 N–H and O–H groups in total. The van der Waals surface area contributed by atoms with Crippen molar-refractivity contribution in [2.45, 2.75) is 13.8 Å². The van der Waals surface area contributed by atoms with Gasteiger partial charge in [0.2, 0.25) is 5.91 Å². The molecule has 0 aromatic rings. The first-order valence-electron chi connectivity index (χ1n) is 7.48. The number of nitrogens with zero attached hydrogens (tertiary/aromatic N) is 1. The summed E-state index contributed by atoms with van der Waals surface area (Å²) < 4.78 is 9.90. The highest BCUT2D eigenvalue weighted by Crippen LogP contribution is 2.15. The van der Waals surface area contributed by atoms with Gasteiger partial charge in [0.25, 0.3) is 5.91 Å². The number of esters is 1. The lowest BCUT2D eigenvalue weighted by Gasteiger charge is -2.21. The van der Waals surface area contributed by atoms with E-state index >= 15 is 0 Å². The normalized spacial score (nSPS) is 16.4. The summed E-state index contributed by atoms with van der Waals surface area (Å²) in [7, 11) is 1.33. The van der Waals surface area contributed by atoms with Crippen LogP contribution in [0.5, 0.6) is 0 Å². The van der Waals surface area contributed by atoms with Crippen LogP contribution in [0.1, 0.15) is 13.8 Å². The minimum Gasteiger partial charge on any atom is -0.469 e. The fourth-order valence-electron chi connectivity index (χ4n) is 2.00. The van der Waals surface area contributed by atoms with Crippen LogP contribution in [0.2, 0.25) is 0 Å². The highest BCUT2D eigenvalue weighted by molar-refractivity contribution is 5.93. The van der Waals surface area contributed by atoms with Crippen LogP contribution in [0, 0.1) is 11.8 Å². The number of methoxy groups -OCH3 is 1. The van der Waals surface area contributed by atoms with Crippen LogP contribution < -0.4 is 5.32 Å². The van der Waals surface area contributed by atoms with Gasteiger partial charge in [0.15, 0.2) is 0 Å².